The standard InChI is InChI=1S/C20H17F3N4O2/c21-20(22,23)16-8-10-25-19(26-16)29-14-5-3-11-27(12-14)18(28)17-15-6-2-1-4-13(15)7-9-24-17/h1-2,4,6-10,14H,3,5,11-12H2. The molecule has 0 radical (unpaired) electrons. The molecule has 3 heterocycles. The Bertz CT molecular complexity index is 1040. The number of benzene rings is 1. The van der Waals surface area contributed by atoms with Gasteiger partial charge in [0.05, 0.1) is 6.54 Å². The lowest BCUT2D eigenvalue weighted by molar-refractivity contribution is -0.141. The summed E-state index contributed by atoms with van der Waals surface area (Å²) >= 11 is 0. The number of alkyl halides is 3. The average molecular weight is 402 g/mol. The lowest BCUT2D eigenvalue weighted by Gasteiger charge is -2.32. The van der Waals surface area contributed by atoms with Crippen LogP contribution in [-0.4, -0.2) is 45.0 Å². The molecule has 9 heteroatoms. The Morgan fingerprint density at radius 1 is 1.10 bits per heavy atom. The van der Waals surface area contributed by atoms with Gasteiger partial charge in [-0.3, -0.25) is 9.78 Å². The Labute approximate surface area is 164 Å². The SMILES string of the molecule is O=C(c1nccc2ccccc12)N1CCCC(Oc2nccc(C(F)(F)F)n2)C1. The van der Waals surface area contributed by atoms with E-state index in [0.29, 0.717) is 25.1 Å². The van der Waals surface area contributed by atoms with Crippen molar-refractivity contribution >= 4 is 16.7 Å². The zero-order valence-electron chi connectivity index (χ0n) is 15.3. The Hall–Kier alpha value is -3.23. The molecule has 0 saturated carbocycles. The fraction of sp³-hybridized carbons (Fsp3) is 0.300. The number of piperidine rings is 1. The first-order valence-electron chi connectivity index (χ1n) is 9.12. The number of nitrogens with zero attached hydrogens (tertiary/aromatic N) is 4. The number of hydrogen-bond acceptors (Lipinski definition) is 5. The monoisotopic (exact) mass is 402 g/mol. The van der Waals surface area contributed by atoms with E-state index in [-0.39, 0.29) is 18.5 Å². The summed E-state index contributed by atoms with van der Waals surface area (Å²) < 4.78 is 44.0. The number of aromatic nitrogens is 3. The van der Waals surface area contributed by atoms with Crippen LogP contribution in [0.15, 0.2) is 48.8 Å². The average Bonchev–Trinajstić information content (AvgIpc) is 2.72. The molecular formula is C20H17F3N4O2. The van der Waals surface area contributed by atoms with Gasteiger partial charge in [-0.15, -0.1) is 0 Å². The van der Waals surface area contributed by atoms with Gasteiger partial charge in [-0.1, -0.05) is 24.3 Å². The minimum atomic E-state index is -4.57. The number of pyridine rings is 1. The molecule has 4 rings (SSSR count). The predicted octanol–water partition coefficient (Wildman–Crippen LogP) is 3.73. The van der Waals surface area contributed by atoms with Crippen molar-refractivity contribution in [3.8, 4) is 6.01 Å². The summed E-state index contributed by atoms with van der Waals surface area (Å²) in [4.78, 5) is 26.1. The molecule has 1 aliphatic heterocycles. The van der Waals surface area contributed by atoms with Crippen molar-refractivity contribution in [1.29, 1.82) is 0 Å². The quantitative estimate of drug-likeness (QED) is 0.668. The van der Waals surface area contributed by atoms with Crippen LogP contribution < -0.4 is 4.74 Å². The molecule has 1 atom stereocenters. The maximum atomic E-state index is 13.0. The minimum Gasteiger partial charge on any atom is -0.458 e. The van der Waals surface area contributed by atoms with E-state index in [1.54, 1.807) is 11.1 Å². The van der Waals surface area contributed by atoms with Crippen LogP contribution in [0.5, 0.6) is 6.01 Å². The van der Waals surface area contributed by atoms with Gasteiger partial charge in [0.15, 0.2) is 5.69 Å². The molecule has 29 heavy (non-hydrogen) atoms. The van der Waals surface area contributed by atoms with Gasteiger partial charge >= 0.3 is 12.2 Å². The number of halogens is 3. The topological polar surface area (TPSA) is 68.2 Å². The van der Waals surface area contributed by atoms with Crippen molar-refractivity contribution < 1.29 is 22.7 Å². The van der Waals surface area contributed by atoms with Gasteiger partial charge in [0.2, 0.25) is 0 Å². The first kappa shape index (κ1) is 19.1. The summed E-state index contributed by atoms with van der Waals surface area (Å²) in [6.45, 7) is 0.746. The van der Waals surface area contributed by atoms with Crippen LogP contribution in [0.2, 0.25) is 0 Å². The molecule has 6 nitrogen and oxygen atoms in total. The van der Waals surface area contributed by atoms with E-state index in [9.17, 15) is 18.0 Å². The summed E-state index contributed by atoms with van der Waals surface area (Å²) in [7, 11) is 0. The van der Waals surface area contributed by atoms with E-state index in [1.807, 2.05) is 30.3 Å². The van der Waals surface area contributed by atoms with E-state index in [4.69, 9.17) is 4.74 Å². The molecule has 1 amide bonds. The minimum absolute atomic E-state index is 0.226. The summed E-state index contributed by atoms with van der Waals surface area (Å²) in [5.74, 6) is -0.236. The van der Waals surface area contributed by atoms with Crippen LogP contribution in [0, 0.1) is 0 Å². The lowest BCUT2D eigenvalue weighted by Crippen LogP contribution is -2.44. The number of carbonyl (C=O) groups is 1. The molecule has 3 aromatic rings. The van der Waals surface area contributed by atoms with Gasteiger partial charge in [0.25, 0.3) is 5.91 Å². The second-order valence-corrected chi connectivity index (χ2v) is 6.74. The lowest BCUT2D eigenvalue weighted by atomic mass is 10.1. The largest absolute Gasteiger partial charge is 0.458 e. The Kier molecular flexibility index (Phi) is 5.04. The van der Waals surface area contributed by atoms with Crippen molar-refractivity contribution in [2.75, 3.05) is 13.1 Å². The molecule has 1 saturated heterocycles. The molecule has 1 aromatic carbocycles. The fourth-order valence-electron chi connectivity index (χ4n) is 3.36. The van der Waals surface area contributed by atoms with Gasteiger partial charge in [0.1, 0.15) is 11.8 Å². The van der Waals surface area contributed by atoms with Crippen molar-refractivity contribution in [1.82, 2.24) is 19.9 Å². The van der Waals surface area contributed by atoms with Gasteiger partial charge in [-0.25, -0.2) is 4.98 Å². The third-order valence-electron chi connectivity index (χ3n) is 4.74. The number of likely N-dealkylation sites (tertiary alicyclic amines) is 1. The van der Waals surface area contributed by atoms with Crippen molar-refractivity contribution in [2.45, 2.75) is 25.1 Å². The smallest absolute Gasteiger partial charge is 0.433 e. The molecule has 0 aliphatic carbocycles. The molecule has 1 unspecified atom stereocenters. The first-order valence-corrected chi connectivity index (χ1v) is 9.12. The van der Waals surface area contributed by atoms with Crippen molar-refractivity contribution in [3.63, 3.8) is 0 Å². The van der Waals surface area contributed by atoms with Crippen molar-refractivity contribution in [2.24, 2.45) is 0 Å². The zero-order chi connectivity index (χ0) is 20.4. The third kappa shape index (κ3) is 4.13. The van der Waals surface area contributed by atoms with Crippen LogP contribution in [0.3, 0.4) is 0 Å². The Balaban J connectivity index is 1.51. The van der Waals surface area contributed by atoms with E-state index in [0.717, 1.165) is 23.0 Å². The molecule has 0 N–H and O–H groups in total. The zero-order valence-corrected chi connectivity index (χ0v) is 15.3. The molecule has 150 valence electrons. The normalized spacial score (nSPS) is 17.3. The second-order valence-electron chi connectivity index (χ2n) is 6.74. The fourth-order valence-corrected chi connectivity index (χ4v) is 3.36. The summed E-state index contributed by atoms with van der Waals surface area (Å²) in [5.41, 5.74) is -0.717. The summed E-state index contributed by atoms with van der Waals surface area (Å²) in [6, 6.07) is 9.74. The number of fused-ring (bicyclic) bond motifs is 1. The Morgan fingerprint density at radius 3 is 2.72 bits per heavy atom. The van der Waals surface area contributed by atoms with E-state index in [1.165, 1.54) is 0 Å². The van der Waals surface area contributed by atoms with Crippen LogP contribution in [0.1, 0.15) is 29.0 Å². The summed E-state index contributed by atoms with van der Waals surface area (Å²) in [6.07, 6.45) is -1.23. The maximum Gasteiger partial charge on any atom is 0.433 e. The highest BCUT2D eigenvalue weighted by atomic mass is 19.4. The van der Waals surface area contributed by atoms with E-state index in [2.05, 4.69) is 15.0 Å². The first-order chi connectivity index (χ1) is 13.9. The summed E-state index contributed by atoms with van der Waals surface area (Å²) in [5, 5.41) is 1.66. The highest BCUT2D eigenvalue weighted by Gasteiger charge is 2.34. The molecular weight excluding hydrogens is 385 g/mol. The highest BCUT2D eigenvalue weighted by molar-refractivity contribution is 6.05. The van der Waals surface area contributed by atoms with Gasteiger partial charge in [0, 0.05) is 24.3 Å². The van der Waals surface area contributed by atoms with Crippen molar-refractivity contribution in [3.05, 3.63) is 60.2 Å². The van der Waals surface area contributed by atoms with Crippen LogP contribution in [-0.2, 0) is 6.18 Å². The number of amides is 1. The third-order valence-corrected chi connectivity index (χ3v) is 4.74. The Morgan fingerprint density at radius 2 is 1.90 bits per heavy atom. The second kappa shape index (κ2) is 7.65. The van der Waals surface area contributed by atoms with Crippen LogP contribution in [0.4, 0.5) is 13.2 Å². The van der Waals surface area contributed by atoms with Gasteiger partial charge in [-0.2, -0.15) is 18.2 Å². The highest BCUT2D eigenvalue weighted by Crippen LogP contribution is 2.28. The molecule has 0 bridgehead atoms. The molecule has 1 fully saturated rings. The molecule has 2 aromatic heterocycles. The number of carbonyl (C=O) groups excluding carboxylic acids is 1. The van der Waals surface area contributed by atoms with Gasteiger partial charge in [-0.05, 0) is 30.4 Å². The van der Waals surface area contributed by atoms with Gasteiger partial charge < -0.3 is 9.64 Å². The van der Waals surface area contributed by atoms with Crippen LogP contribution >= 0.6 is 0 Å². The number of rotatable bonds is 3. The maximum absolute atomic E-state index is 13.0. The molecule has 1 aliphatic rings. The van der Waals surface area contributed by atoms with Crippen LogP contribution in [0.25, 0.3) is 10.8 Å². The molecule has 0 spiro atoms. The number of hydrogen-bond donors (Lipinski definition) is 0. The van der Waals surface area contributed by atoms with E-state index >= 15 is 0 Å². The van der Waals surface area contributed by atoms with E-state index < -0.39 is 18.0 Å². The predicted molar refractivity (Wildman–Crippen MR) is 98.3 cm³/mol. The number of ether oxygens (including phenoxy) is 1.